The normalized spacial score (nSPS) is 20.3. The predicted molar refractivity (Wildman–Crippen MR) is 118 cm³/mol. The first kappa shape index (κ1) is 20.5. The van der Waals surface area contributed by atoms with Gasteiger partial charge in [0.05, 0.1) is 12.7 Å². The van der Waals surface area contributed by atoms with Crippen LogP contribution in [0.15, 0.2) is 30.5 Å². The molecule has 13 heteroatoms. The number of hydrogen-bond donors (Lipinski definition) is 1. The van der Waals surface area contributed by atoms with Crippen molar-refractivity contribution >= 4 is 28.3 Å². The van der Waals surface area contributed by atoms with Crippen molar-refractivity contribution in [3.8, 4) is 11.5 Å². The second-order valence-electron chi connectivity index (χ2n) is 9.09. The van der Waals surface area contributed by atoms with Gasteiger partial charge in [-0.05, 0) is 37.1 Å². The molecule has 2 N–H and O–H groups in total. The van der Waals surface area contributed by atoms with Crippen molar-refractivity contribution < 1.29 is 22.6 Å². The third-order valence-corrected chi connectivity index (χ3v) is 6.87. The van der Waals surface area contributed by atoms with Gasteiger partial charge in [0.1, 0.15) is 17.2 Å². The highest BCUT2D eigenvalue weighted by atomic mass is 19.3. The van der Waals surface area contributed by atoms with E-state index in [0.717, 1.165) is 38.3 Å². The van der Waals surface area contributed by atoms with Gasteiger partial charge in [-0.3, -0.25) is 4.90 Å². The summed E-state index contributed by atoms with van der Waals surface area (Å²) in [5, 5.41) is 5.03. The number of nitrogen functional groups attached to an aromatic ring is 1. The van der Waals surface area contributed by atoms with Crippen LogP contribution in [0.2, 0.25) is 0 Å². The molecule has 5 heterocycles. The molecule has 10 nitrogen and oxygen atoms in total. The van der Waals surface area contributed by atoms with Gasteiger partial charge in [-0.1, -0.05) is 0 Å². The van der Waals surface area contributed by atoms with Gasteiger partial charge >= 0.3 is 6.29 Å². The monoisotopic (exact) mass is 484 g/mol. The van der Waals surface area contributed by atoms with E-state index in [0.29, 0.717) is 23.4 Å². The minimum atomic E-state index is -3.76. The Labute approximate surface area is 196 Å². The molecule has 7 rings (SSSR count). The van der Waals surface area contributed by atoms with Crippen LogP contribution in [0.3, 0.4) is 0 Å². The summed E-state index contributed by atoms with van der Waals surface area (Å²) in [6.07, 6.45) is -0.467. The quantitative estimate of drug-likeness (QED) is 0.470. The summed E-state index contributed by atoms with van der Waals surface area (Å²) in [5.41, 5.74) is 6.63. The van der Waals surface area contributed by atoms with Crippen LogP contribution in [-0.2, 0) is 6.54 Å². The summed E-state index contributed by atoms with van der Waals surface area (Å²) in [5.74, 6) is 0.681. The second-order valence-corrected chi connectivity index (χ2v) is 9.09. The lowest BCUT2D eigenvalue weighted by molar-refractivity contribution is -0.286. The van der Waals surface area contributed by atoms with Gasteiger partial charge in [-0.2, -0.15) is 4.52 Å². The van der Waals surface area contributed by atoms with Crippen molar-refractivity contribution in [2.75, 3.05) is 30.3 Å². The number of anilines is 2. The number of nitrogens with zero attached hydrogens (tertiary/aromatic N) is 7. The number of pyridine rings is 1. The fraction of sp³-hybridized carbons (Fsp3) is 0.364. The molecule has 0 unspecified atom stereocenters. The molecule has 180 valence electrons. The molecule has 1 aromatic carbocycles. The van der Waals surface area contributed by atoms with Gasteiger partial charge in [0.25, 0.3) is 0 Å². The van der Waals surface area contributed by atoms with Crippen molar-refractivity contribution in [3.63, 3.8) is 0 Å². The van der Waals surface area contributed by atoms with E-state index in [9.17, 15) is 13.2 Å². The Balaban J connectivity index is 1.19. The molecule has 1 spiro atoms. The first-order chi connectivity index (χ1) is 16.8. The smallest absolute Gasteiger partial charge is 0.395 e. The number of benzene rings is 1. The highest BCUT2D eigenvalue weighted by Gasteiger charge is 2.51. The van der Waals surface area contributed by atoms with Crippen LogP contribution in [0.25, 0.3) is 16.6 Å². The average Bonchev–Trinajstić information content (AvgIpc) is 3.31. The molecular weight excluding hydrogens is 465 g/mol. The molecule has 2 aliphatic heterocycles. The Kier molecular flexibility index (Phi) is 4.01. The van der Waals surface area contributed by atoms with E-state index >= 15 is 0 Å². The Morgan fingerprint density at radius 3 is 2.69 bits per heavy atom. The fourth-order valence-electron chi connectivity index (χ4n) is 5.01. The van der Waals surface area contributed by atoms with E-state index < -0.39 is 6.29 Å². The lowest BCUT2D eigenvalue weighted by Crippen LogP contribution is -2.54. The molecule has 35 heavy (non-hydrogen) atoms. The maximum absolute atomic E-state index is 13.6. The molecule has 0 atom stereocenters. The van der Waals surface area contributed by atoms with Crippen LogP contribution in [-0.4, -0.2) is 60.9 Å². The van der Waals surface area contributed by atoms with Gasteiger partial charge in [0, 0.05) is 30.6 Å². The third kappa shape index (κ3) is 3.21. The molecule has 3 aliphatic rings. The second kappa shape index (κ2) is 6.84. The number of piperazine rings is 1. The van der Waals surface area contributed by atoms with E-state index in [2.05, 4.69) is 39.3 Å². The summed E-state index contributed by atoms with van der Waals surface area (Å²) in [6.45, 7) is 2.77. The first-order valence-electron chi connectivity index (χ1n) is 11.2. The Morgan fingerprint density at radius 1 is 1.06 bits per heavy atom. The van der Waals surface area contributed by atoms with Crippen molar-refractivity contribution in [2.45, 2.75) is 31.2 Å². The molecule has 1 saturated carbocycles. The summed E-state index contributed by atoms with van der Waals surface area (Å²) < 4.78 is 51.1. The van der Waals surface area contributed by atoms with Crippen LogP contribution in [0.4, 0.5) is 24.9 Å². The maximum atomic E-state index is 13.6. The van der Waals surface area contributed by atoms with Crippen molar-refractivity contribution in [1.82, 2.24) is 29.5 Å². The number of rotatable bonds is 3. The minimum absolute atomic E-state index is 0.00630. The zero-order valence-electron chi connectivity index (χ0n) is 18.3. The van der Waals surface area contributed by atoms with Gasteiger partial charge in [-0.25, -0.2) is 19.3 Å². The number of fused-ring (bicyclic) bond motifs is 5. The minimum Gasteiger partial charge on any atom is -0.395 e. The Morgan fingerprint density at radius 2 is 1.91 bits per heavy atom. The topological polar surface area (TPSA) is 107 Å². The van der Waals surface area contributed by atoms with E-state index in [4.69, 9.17) is 5.73 Å². The van der Waals surface area contributed by atoms with Crippen molar-refractivity contribution in [1.29, 1.82) is 0 Å². The molecule has 0 amide bonds. The highest BCUT2D eigenvalue weighted by Crippen LogP contribution is 2.47. The van der Waals surface area contributed by atoms with Gasteiger partial charge in [-0.15, -0.1) is 13.9 Å². The molecule has 2 fully saturated rings. The van der Waals surface area contributed by atoms with Crippen LogP contribution < -0.4 is 20.1 Å². The number of nitrogens with two attached hydrogens (primary N) is 1. The summed E-state index contributed by atoms with van der Waals surface area (Å²) >= 11 is 0. The predicted octanol–water partition coefficient (Wildman–Crippen LogP) is 2.57. The third-order valence-electron chi connectivity index (χ3n) is 6.87. The van der Waals surface area contributed by atoms with Gasteiger partial charge in [0.2, 0.25) is 5.95 Å². The molecule has 1 saturated heterocycles. The van der Waals surface area contributed by atoms with Gasteiger partial charge in [0.15, 0.2) is 23.0 Å². The molecule has 0 radical (unpaired) electrons. The largest absolute Gasteiger partial charge is 0.586 e. The van der Waals surface area contributed by atoms with E-state index in [1.54, 1.807) is 12.1 Å². The molecule has 3 aromatic heterocycles. The number of aromatic nitrogens is 5. The van der Waals surface area contributed by atoms with E-state index in [1.807, 2.05) is 0 Å². The van der Waals surface area contributed by atoms with Crippen molar-refractivity contribution in [2.24, 2.45) is 0 Å². The molecular formula is C22H19F3N8O2. The fourth-order valence-corrected chi connectivity index (χ4v) is 5.01. The molecule has 1 aliphatic carbocycles. The van der Waals surface area contributed by atoms with E-state index in [-0.39, 0.29) is 34.3 Å². The lowest BCUT2D eigenvalue weighted by Gasteiger charge is -2.42. The standard InChI is InChI=1S/C22H19F3N8O2/c23-12-1-4-16(27-9-12)31-7-8-32(21(11-31)5-6-21)10-15-28-19-13-2-3-14-18(35-22(24,25)34-14)17(13)29-20(26)33(19)30-15/h1-4,9H,5-8,10-11H2,(H2,26,29). The Bertz CT molecular complexity index is 1490. The average molecular weight is 484 g/mol. The van der Waals surface area contributed by atoms with Crippen LogP contribution in [0.5, 0.6) is 11.5 Å². The summed E-state index contributed by atoms with van der Waals surface area (Å²) in [4.78, 5) is 17.7. The van der Waals surface area contributed by atoms with Crippen LogP contribution in [0, 0.1) is 5.82 Å². The number of halogens is 3. The highest BCUT2D eigenvalue weighted by molar-refractivity contribution is 5.97. The zero-order chi connectivity index (χ0) is 23.9. The van der Waals surface area contributed by atoms with Crippen LogP contribution in [0.1, 0.15) is 18.7 Å². The number of alkyl halides is 2. The molecule has 4 aromatic rings. The maximum Gasteiger partial charge on any atom is 0.586 e. The van der Waals surface area contributed by atoms with Crippen molar-refractivity contribution in [3.05, 3.63) is 42.1 Å². The number of ether oxygens (including phenoxy) is 2. The first-order valence-corrected chi connectivity index (χ1v) is 11.2. The summed E-state index contributed by atoms with van der Waals surface area (Å²) in [7, 11) is 0. The number of hydrogen-bond acceptors (Lipinski definition) is 9. The van der Waals surface area contributed by atoms with E-state index in [1.165, 1.54) is 22.8 Å². The lowest BCUT2D eigenvalue weighted by atomic mass is 10.1. The van der Waals surface area contributed by atoms with Gasteiger partial charge < -0.3 is 20.1 Å². The Hall–Kier alpha value is -3.87. The SMILES string of the molecule is Nc1nc2c3c(ccc2c2nc(CN4CCN(c5ccc(F)cn5)CC45CC5)nn12)OC(F)(F)O3. The zero-order valence-corrected chi connectivity index (χ0v) is 18.3. The molecule has 0 bridgehead atoms. The van der Waals surface area contributed by atoms with Crippen LogP contribution >= 0.6 is 0 Å². The summed E-state index contributed by atoms with van der Waals surface area (Å²) in [6, 6.07) is 6.11.